The Bertz CT molecular complexity index is 448. The number of nitrogens with zero attached hydrogens (tertiary/aromatic N) is 3. The molecule has 5 nitrogen and oxygen atoms in total. The van der Waals surface area contributed by atoms with Crippen molar-refractivity contribution in [1.82, 2.24) is 15.6 Å². The summed E-state index contributed by atoms with van der Waals surface area (Å²) in [5.74, 6) is 3.07. The fraction of sp³-hybridized carbons (Fsp3) is 0.625. The van der Waals surface area contributed by atoms with E-state index >= 15 is 0 Å². The highest BCUT2D eigenvalue weighted by Crippen LogP contribution is 2.10. The van der Waals surface area contributed by atoms with Crippen molar-refractivity contribution in [3.05, 3.63) is 23.9 Å². The van der Waals surface area contributed by atoms with Crippen molar-refractivity contribution in [3.8, 4) is 0 Å². The quantitative estimate of drug-likeness (QED) is 0.415. The van der Waals surface area contributed by atoms with E-state index in [0.29, 0.717) is 6.54 Å². The van der Waals surface area contributed by atoms with Crippen LogP contribution in [0, 0.1) is 0 Å². The molecule has 0 aromatic carbocycles. The molecule has 0 amide bonds. The maximum Gasteiger partial charge on any atom is 0.191 e. The Hall–Kier alpha value is -1.43. The summed E-state index contributed by atoms with van der Waals surface area (Å²) in [5.41, 5.74) is 1.17. The average Bonchev–Trinajstić information content (AvgIpc) is 2.52. The normalized spacial score (nSPS) is 11.4. The first-order valence-electron chi connectivity index (χ1n) is 7.80. The van der Waals surface area contributed by atoms with Gasteiger partial charge in [0.25, 0.3) is 0 Å². The molecule has 0 atom stereocenters. The third kappa shape index (κ3) is 7.54. The van der Waals surface area contributed by atoms with Crippen molar-refractivity contribution in [2.24, 2.45) is 4.99 Å². The van der Waals surface area contributed by atoms with Gasteiger partial charge in [0.05, 0.1) is 6.54 Å². The van der Waals surface area contributed by atoms with Gasteiger partial charge >= 0.3 is 0 Å². The van der Waals surface area contributed by atoms with Crippen LogP contribution in [-0.2, 0) is 6.54 Å². The number of hydrogen-bond donors (Lipinski definition) is 2. The molecule has 124 valence electrons. The van der Waals surface area contributed by atoms with Gasteiger partial charge in [-0.3, -0.25) is 0 Å². The molecule has 0 unspecified atom stereocenters. The van der Waals surface area contributed by atoms with Gasteiger partial charge in [-0.05, 0) is 49.5 Å². The lowest BCUT2D eigenvalue weighted by molar-refractivity contribution is 0.734. The summed E-state index contributed by atoms with van der Waals surface area (Å²) in [4.78, 5) is 11.0. The lowest BCUT2D eigenvalue weighted by Crippen LogP contribution is -2.37. The molecular formula is C16H29N5S. The minimum atomic E-state index is 0.656. The van der Waals surface area contributed by atoms with Gasteiger partial charge in [-0.1, -0.05) is 0 Å². The predicted molar refractivity (Wildman–Crippen MR) is 99.0 cm³/mol. The number of guanidine groups is 1. The van der Waals surface area contributed by atoms with Gasteiger partial charge in [-0.15, -0.1) is 0 Å². The van der Waals surface area contributed by atoms with Crippen LogP contribution in [0.4, 0.5) is 5.82 Å². The van der Waals surface area contributed by atoms with Crippen LogP contribution in [0.1, 0.15) is 25.3 Å². The Labute approximate surface area is 139 Å². The molecule has 2 N–H and O–H groups in total. The summed E-state index contributed by atoms with van der Waals surface area (Å²) in [5, 5.41) is 6.68. The first kappa shape index (κ1) is 18.6. The highest BCUT2D eigenvalue weighted by Gasteiger charge is 2.00. The lowest BCUT2D eigenvalue weighted by Gasteiger charge is -2.13. The Kier molecular flexibility index (Phi) is 9.46. The van der Waals surface area contributed by atoms with Gasteiger partial charge in [-0.2, -0.15) is 11.8 Å². The van der Waals surface area contributed by atoms with Gasteiger partial charge in [0.1, 0.15) is 5.82 Å². The molecule has 0 saturated heterocycles. The number of hydrogen-bond acceptors (Lipinski definition) is 4. The number of thioether (sulfide) groups is 1. The number of aromatic nitrogens is 1. The maximum absolute atomic E-state index is 4.64. The van der Waals surface area contributed by atoms with Crippen molar-refractivity contribution in [1.29, 1.82) is 0 Å². The molecular weight excluding hydrogens is 294 g/mol. The highest BCUT2D eigenvalue weighted by molar-refractivity contribution is 7.98. The molecule has 0 saturated carbocycles. The third-order valence-corrected chi connectivity index (χ3v) is 3.80. The van der Waals surface area contributed by atoms with E-state index < -0.39 is 0 Å². The van der Waals surface area contributed by atoms with E-state index in [9.17, 15) is 0 Å². The van der Waals surface area contributed by atoms with Gasteiger partial charge in [0.15, 0.2) is 5.96 Å². The molecule has 0 spiro atoms. The number of nitrogens with one attached hydrogen (secondary N) is 2. The van der Waals surface area contributed by atoms with Crippen LogP contribution in [-0.4, -0.2) is 50.1 Å². The first-order chi connectivity index (χ1) is 10.7. The minimum absolute atomic E-state index is 0.656. The fourth-order valence-corrected chi connectivity index (χ4v) is 2.39. The zero-order valence-corrected chi connectivity index (χ0v) is 15.0. The Morgan fingerprint density at radius 3 is 2.82 bits per heavy atom. The number of rotatable bonds is 9. The van der Waals surface area contributed by atoms with Crippen LogP contribution in [0.2, 0.25) is 0 Å². The summed E-state index contributed by atoms with van der Waals surface area (Å²) in [6.45, 7) is 4.58. The molecule has 6 heteroatoms. The molecule has 22 heavy (non-hydrogen) atoms. The second-order valence-corrected chi connectivity index (χ2v) is 6.22. The number of anilines is 1. The van der Waals surface area contributed by atoms with Crippen molar-refractivity contribution >= 4 is 23.5 Å². The molecule has 1 aromatic heterocycles. The third-order valence-electron chi connectivity index (χ3n) is 3.10. The SMILES string of the molecule is CCNC(=NCc1ccnc(N(C)C)c1)NCCCCSC. The van der Waals surface area contributed by atoms with E-state index in [2.05, 4.69) is 39.9 Å². The summed E-state index contributed by atoms with van der Waals surface area (Å²) < 4.78 is 0. The van der Waals surface area contributed by atoms with Gasteiger partial charge < -0.3 is 15.5 Å². The fourth-order valence-electron chi connectivity index (χ4n) is 1.89. The number of aliphatic imine (C=N–C) groups is 1. The zero-order chi connectivity index (χ0) is 16.2. The van der Waals surface area contributed by atoms with Crippen molar-refractivity contribution in [3.63, 3.8) is 0 Å². The standard InChI is InChI=1S/C16H29N5S/c1-5-17-16(19-9-6-7-11-22-4)20-13-14-8-10-18-15(12-14)21(2)3/h8,10,12H,5-7,9,11,13H2,1-4H3,(H2,17,19,20). The second kappa shape index (κ2) is 11.2. The summed E-state index contributed by atoms with van der Waals surface area (Å²) >= 11 is 1.90. The molecule has 1 rings (SSSR count). The van der Waals surface area contributed by atoms with E-state index in [1.54, 1.807) is 0 Å². The zero-order valence-electron chi connectivity index (χ0n) is 14.2. The van der Waals surface area contributed by atoms with Crippen LogP contribution >= 0.6 is 11.8 Å². The first-order valence-corrected chi connectivity index (χ1v) is 9.20. The van der Waals surface area contributed by atoms with E-state index in [4.69, 9.17) is 0 Å². The number of unbranched alkanes of at least 4 members (excludes halogenated alkanes) is 1. The molecule has 1 heterocycles. The average molecular weight is 324 g/mol. The Morgan fingerprint density at radius 1 is 1.32 bits per heavy atom. The second-order valence-electron chi connectivity index (χ2n) is 5.24. The highest BCUT2D eigenvalue weighted by atomic mass is 32.2. The van der Waals surface area contributed by atoms with Crippen LogP contribution in [0.15, 0.2) is 23.3 Å². The molecule has 0 aliphatic heterocycles. The maximum atomic E-state index is 4.64. The molecule has 0 aliphatic rings. The molecule has 0 radical (unpaired) electrons. The van der Waals surface area contributed by atoms with E-state index in [-0.39, 0.29) is 0 Å². The van der Waals surface area contributed by atoms with Gasteiger partial charge in [-0.25, -0.2) is 9.98 Å². The van der Waals surface area contributed by atoms with E-state index in [1.165, 1.54) is 24.2 Å². The van der Waals surface area contributed by atoms with E-state index in [0.717, 1.165) is 24.9 Å². The monoisotopic (exact) mass is 323 g/mol. The van der Waals surface area contributed by atoms with Gasteiger partial charge in [0, 0.05) is 33.4 Å². The topological polar surface area (TPSA) is 52.6 Å². The molecule has 0 bridgehead atoms. The lowest BCUT2D eigenvalue weighted by atomic mass is 10.2. The summed E-state index contributed by atoms with van der Waals surface area (Å²) in [7, 11) is 3.99. The summed E-state index contributed by atoms with van der Waals surface area (Å²) in [6, 6.07) is 4.09. The van der Waals surface area contributed by atoms with E-state index in [1.807, 2.05) is 43.0 Å². The van der Waals surface area contributed by atoms with Crippen LogP contribution < -0.4 is 15.5 Å². The summed E-state index contributed by atoms with van der Waals surface area (Å²) in [6.07, 6.45) is 6.40. The van der Waals surface area contributed by atoms with Crippen molar-refractivity contribution < 1.29 is 0 Å². The molecule has 1 aromatic rings. The van der Waals surface area contributed by atoms with Crippen molar-refractivity contribution in [2.75, 3.05) is 44.1 Å². The molecule has 0 aliphatic carbocycles. The minimum Gasteiger partial charge on any atom is -0.363 e. The smallest absolute Gasteiger partial charge is 0.191 e. The molecule has 0 fully saturated rings. The largest absolute Gasteiger partial charge is 0.363 e. The Morgan fingerprint density at radius 2 is 2.14 bits per heavy atom. The van der Waals surface area contributed by atoms with Crippen LogP contribution in [0.5, 0.6) is 0 Å². The van der Waals surface area contributed by atoms with Crippen LogP contribution in [0.25, 0.3) is 0 Å². The van der Waals surface area contributed by atoms with Gasteiger partial charge in [0.2, 0.25) is 0 Å². The van der Waals surface area contributed by atoms with Crippen LogP contribution in [0.3, 0.4) is 0 Å². The van der Waals surface area contributed by atoms with Crippen molar-refractivity contribution in [2.45, 2.75) is 26.3 Å². The Balaban J connectivity index is 2.52. The number of pyridine rings is 1. The predicted octanol–water partition coefficient (Wildman–Crippen LogP) is 2.35.